The van der Waals surface area contributed by atoms with Crippen molar-refractivity contribution in [2.45, 2.75) is 96.7 Å². The Morgan fingerprint density at radius 2 is 1.82 bits per heavy atom. The van der Waals surface area contributed by atoms with Crippen LogP contribution in [0.4, 0.5) is 4.39 Å². The second-order valence-electron chi connectivity index (χ2n) is 13.8. The van der Waals surface area contributed by atoms with E-state index in [4.69, 9.17) is 14.6 Å². The molecule has 0 bridgehead atoms. The zero-order valence-electron chi connectivity index (χ0n) is 27.7. The smallest absolute Gasteiger partial charge is 0.320 e. The van der Waals surface area contributed by atoms with E-state index in [2.05, 4.69) is 40.0 Å². The first-order chi connectivity index (χ1) is 21.6. The topological polar surface area (TPSA) is 68.6 Å². The Morgan fingerprint density at radius 1 is 1.04 bits per heavy atom. The largest absolute Gasteiger partial charge is 0.494 e. The van der Waals surface area contributed by atoms with Crippen LogP contribution in [-0.2, 0) is 22.5 Å². The molecule has 2 heterocycles. The predicted octanol–water partition coefficient (Wildman–Crippen LogP) is 6.70. The zero-order chi connectivity index (χ0) is 32.0. The van der Waals surface area contributed by atoms with Crippen LogP contribution in [0.5, 0.6) is 5.75 Å². The summed E-state index contributed by atoms with van der Waals surface area (Å²) in [6.07, 6.45) is 4.34. The molecule has 3 atom stereocenters. The van der Waals surface area contributed by atoms with E-state index in [1.54, 1.807) is 12.1 Å². The Labute approximate surface area is 268 Å². The number of carbonyl (C=O) groups excluding carboxylic acids is 1. The molecule has 3 aromatic rings. The fraction of sp³-hybridized carbons (Fsp3) is 0.568. The van der Waals surface area contributed by atoms with Gasteiger partial charge in [0.2, 0.25) is 0 Å². The number of benzene rings is 2. The monoisotopic (exact) mass is 618 g/mol. The second-order valence-corrected chi connectivity index (χ2v) is 13.8. The first-order valence-corrected chi connectivity index (χ1v) is 16.8. The number of aryl methyl sites for hydroxylation is 1. The average molecular weight is 619 g/mol. The van der Waals surface area contributed by atoms with Crippen molar-refractivity contribution in [1.29, 1.82) is 0 Å². The van der Waals surface area contributed by atoms with Crippen LogP contribution < -0.4 is 10.1 Å². The van der Waals surface area contributed by atoms with Crippen LogP contribution in [0.15, 0.2) is 54.6 Å². The number of aromatic nitrogens is 2. The van der Waals surface area contributed by atoms with Gasteiger partial charge in [0.05, 0.1) is 18.8 Å². The molecule has 0 spiro atoms. The lowest BCUT2D eigenvalue weighted by molar-refractivity contribution is -0.148. The first kappa shape index (κ1) is 33.1. The maximum absolute atomic E-state index is 14.2. The molecule has 5 rings (SSSR count). The lowest BCUT2D eigenvalue weighted by Gasteiger charge is -2.35. The van der Waals surface area contributed by atoms with Crippen molar-refractivity contribution in [2.75, 3.05) is 32.8 Å². The van der Waals surface area contributed by atoms with E-state index in [1.807, 2.05) is 45.9 Å². The van der Waals surface area contributed by atoms with Crippen molar-refractivity contribution in [3.8, 4) is 5.75 Å². The lowest BCUT2D eigenvalue weighted by Crippen LogP contribution is -2.40. The highest BCUT2D eigenvalue weighted by molar-refractivity contribution is 5.72. The van der Waals surface area contributed by atoms with Crippen molar-refractivity contribution >= 4 is 5.97 Å². The Balaban J connectivity index is 1.20. The number of ether oxygens (including phenoxy) is 2. The van der Waals surface area contributed by atoms with Gasteiger partial charge in [-0.1, -0.05) is 24.3 Å². The van der Waals surface area contributed by atoms with Crippen LogP contribution in [0.25, 0.3) is 0 Å². The van der Waals surface area contributed by atoms with Gasteiger partial charge in [-0.2, -0.15) is 5.10 Å². The molecule has 2 fully saturated rings. The maximum Gasteiger partial charge on any atom is 0.320 e. The van der Waals surface area contributed by atoms with E-state index in [0.29, 0.717) is 18.4 Å². The van der Waals surface area contributed by atoms with Gasteiger partial charge in [-0.3, -0.25) is 9.48 Å². The van der Waals surface area contributed by atoms with Gasteiger partial charge in [0.1, 0.15) is 17.7 Å². The standard InChI is InChI=1S/C37H51FN4O3/c1-6-42-35(22-31(40-42)18-26-10-8-13-32(19-26)44-7-2)27-14-16-41(17-15-27)25-29-21-33(45-36(43)24-39-37(3,4)5)23-34(29)28-11-9-12-30(38)20-28/h8-13,19-20,22,27,29,33-34,39H,6-7,14-18,21,23-25H2,1-5H3/t29-,33+,34-/m1/s1. The molecule has 7 nitrogen and oxygen atoms in total. The van der Waals surface area contributed by atoms with Gasteiger partial charge < -0.3 is 19.7 Å². The van der Waals surface area contributed by atoms with E-state index in [-0.39, 0.29) is 35.9 Å². The molecule has 2 aromatic carbocycles. The van der Waals surface area contributed by atoms with Gasteiger partial charge in [-0.25, -0.2) is 4.39 Å². The van der Waals surface area contributed by atoms with Crippen molar-refractivity contribution < 1.29 is 18.7 Å². The van der Waals surface area contributed by atoms with Crippen molar-refractivity contribution in [3.63, 3.8) is 0 Å². The number of piperidine rings is 1. The fourth-order valence-corrected chi connectivity index (χ4v) is 7.10. The molecule has 1 N–H and O–H groups in total. The third-order valence-corrected chi connectivity index (χ3v) is 9.24. The highest BCUT2D eigenvalue weighted by atomic mass is 19.1. The number of nitrogens with one attached hydrogen (secondary N) is 1. The minimum absolute atomic E-state index is 0.151. The molecule has 8 heteroatoms. The Kier molecular flexibility index (Phi) is 11.0. The quantitative estimate of drug-likeness (QED) is 0.228. The molecule has 2 aliphatic rings. The van der Waals surface area contributed by atoms with Crippen LogP contribution in [0.1, 0.15) is 94.7 Å². The van der Waals surface area contributed by atoms with Gasteiger partial charge in [-0.05, 0) is 127 Å². The van der Waals surface area contributed by atoms with Crippen LogP contribution in [0.2, 0.25) is 0 Å². The van der Waals surface area contributed by atoms with Crippen molar-refractivity contribution in [3.05, 3.63) is 82.9 Å². The predicted molar refractivity (Wildman–Crippen MR) is 176 cm³/mol. The Hall–Kier alpha value is -3.23. The van der Waals surface area contributed by atoms with Crippen LogP contribution in [-0.4, -0.2) is 65.1 Å². The van der Waals surface area contributed by atoms with Gasteiger partial charge in [0, 0.05) is 36.7 Å². The molecule has 244 valence electrons. The molecule has 1 saturated carbocycles. The highest BCUT2D eigenvalue weighted by Gasteiger charge is 2.39. The molecule has 45 heavy (non-hydrogen) atoms. The summed E-state index contributed by atoms with van der Waals surface area (Å²) in [5.74, 6) is 1.42. The summed E-state index contributed by atoms with van der Waals surface area (Å²) < 4.78 is 28.1. The van der Waals surface area contributed by atoms with Crippen molar-refractivity contribution in [1.82, 2.24) is 20.0 Å². The average Bonchev–Trinajstić information content (AvgIpc) is 3.60. The molecule has 1 aliphatic carbocycles. The van der Waals surface area contributed by atoms with Gasteiger partial charge >= 0.3 is 5.97 Å². The molecule has 1 saturated heterocycles. The third-order valence-electron chi connectivity index (χ3n) is 9.24. The summed E-state index contributed by atoms with van der Waals surface area (Å²) in [5, 5.41) is 8.20. The number of likely N-dealkylation sites (tertiary alicyclic amines) is 1. The minimum Gasteiger partial charge on any atom is -0.494 e. The number of hydrogen-bond acceptors (Lipinski definition) is 6. The number of rotatable bonds is 12. The summed E-state index contributed by atoms with van der Waals surface area (Å²) in [5.41, 5.74) is 4.50. The van der Waals surface area contributed by atoms with Gasteiger partial charge in [0.15, 0.2) is 0 Å². The number of halogens is 1. The SMILES string of the molecule is CCOc1cccc(Cc2cc(C3CCN(C[C@H]4C[C@H](OC(=O)CNC(C)(C)C)C[C@@H]4c4cccc(F)c4)CC3)n(CC)n2)c1. The minimum atomic E-state index is -0.219. The third kappa shape index (κ3) is 9.17. The Morgan fingerprint density at radius 3 is 2.53 bits per heavy atom. The number of nitrogens with zero attached hydrogens (tertiary/aromatic N) is 3. The lowest BCUT2D eigenvalue weighted by atomic mass is 9.87. The number of esters is 1. The summed E-state index contributed by atoms with van der Waals surface area (Å²) in [6, 6.07) is 17.6. The van der Waals surface area contributed by atoms with Crippen LogP contribution >= 0.6 is 0 Å². The van der Waals surface area contributed by atoms with E-state index in [1.165, 1.54) is 17.3 Å². The second kappa shape index (κ2) is 14.9. The van der Waals surface area contributed by atoms with Gasteiger partial charge in [0.25, 0.3) is 0 Å². The maximum atomic E-state index is 14.2. The van der Waals surface area contributed by atoms with E-state index in [0.717, 1.165) is 75.3 Å². The Bertz CT molecular complexity index is 1410. The summed E-state index contributed by atoms with van der Waals surface area (Å²) >= 11 is 0. The first-order valence-electron chi connectivity index (χ1n) is 16.8. The molecule has 0 unspecified atom stereocenters. The number of hydrogen-bond donors (Lipinski definition) is 1. The normalized spacial score (nSPS) is 21.2. The fourth-order valence-electron chi connectivity index (χ4n) is 7.10. The summed E-state index contributed by atoms with van der Waals surface area (Å²) in [7, 11) is 0. The van der Waals surface area contributed by atoms with Gasteiger partial charge in [-0.15, -0.1) is 0 Å². The van der Waals surface area contributed by atoms with Crippen LogP contribution in [0.3, 0.4) is 0 Å². The molecule has 1 aromatic heterocycles. The molecular weight excluding hydrogens is 567 g/mol. The van der Waals surface area contributed by atoms with Crippen LogP contribution in [0, 0.1) is 11.7 Å². The highest BCUT2D eigenvalue weighted by Crippen LogP contribution is 2.42. The molecule has 0 radical (unpaired) electrons. The molecule has 0 amide bonds. The molecule has 1 aliphatic heterocycles. The zero-order valence-corrected chi connectivity index (χ0v) is 27.7. The van der Waals surface area contributed by atoms with E-state index < -0.39 is 0 Å². The number of carbonyl (C=O) groups is 1. The van der Waals surface area contributed by atoms with E-state index in [9.17, 15) is 9.18 Å². The van der Waals surface area contributed by atoms with E-state index >= 15 is 0 Å². The molecular formula is C37H51FN4O3. The summed E-state index contributed by atoms with van der Waals surface area (Å²) in [4.78, 5) is 15.2. The summed E-state index contributed by atoms with van der Waals surface area (Å²) in [6.45, 7) is 14.9. The van der Waals surface area contributed by atoms with Crippen molar-refractivity contribution in [2.24, 2.45) is 5.92 Å².